The average Bonchev–Trinajstić information content (AvgIpc) is 2.98. The number of likely N-dealkylation sites (tertiary alicyclic amines) is 1. The molecule has 1 N–H and O–H groups in total. The molecule has 3 aromatic rings. The van der Waals surface area contributed by atoms with E-state index in [1.54, 1.807) is 0 Å². The summed E-state index contributed by atoms with van der Waals surface area (Å²) in [6.45, 7) is 4.01. The Morgan fingerprint density at radius 1 is 0.677 bits per heavy atom. The first-order chi connectivity index (χ1) is 15.2. The van der Waals surface area contributed by atoms with Gasteiger partial charge in [-0.25, -0.2) is 0 Å². The lowest BCUT2D eigenvalue weighted by atomic mass is 9.84. The fraction of sp³-hybridized carbons (Fsp3) is 0.357. The standard InChI is InChI=1S/C28H32N2O/c31-28(25-11-2-1-3-12-25)17-21-29(22-18-28)19-8-20-30-26-13-6-4-9-23(26)15-16-24-10-5-7-14-27(24)30/h1-7,9-14,31H,8,15-22H2. The van der Waals surface area contributed by atoms with Crippen LogP contribution in [0.2, 0.25) is 0 Å². The van der Waals surface area contributed by atoms with Crippen molar-refractivity contribution in [3.63, 3.8) is 0 Å². The molecule has 2 aliphatic heterocycles. The number of hydrogen-bond donors (Lipinski definition) is 1. The Kier molecular flexibility index (Phi) is 5.80. The molecular weight excluding hydrogens is 380 g/mol. The molecule has 0 aromatic heterocycles. The molecule has 0 saturated carbocycles. The van der Waals surface area contributed by atoms with Crippen LogP contribution in [0.15, 0.2) is 78.9 Å². The van der Waals surface area contributed by atoms with Gasteiger partial charge in [0.05, 0.1) is 5.60 Å². The Balaban J connectivity index is 1.23. The van der Waals surface area contributed by atoms with E-state index >= 15 is 0 Å². The summed E-state index contributed by atoms with van der Waals surface area (Å²) >= 11 is 0. The number of hydrogen-bond acceptors (Lipinski definition) is 3. The molecule has 0 radical (unpaired) electrons. The quantitative estimate of drug-likeness (QED) is 0.616. The van der Waals surface area contributed by atoms with Crippen LogP contribution in [-0.2, 0) is 18.4 Å². The molecule has 0 amide bonds. The maximum Gasteiger partial charge on any atom is 0.0920 e. The van der Waals surface area contributed by atoms with Gasteiger partial charge < -0.3 is 14.9 Å². The molecule has 160 valence electrons. The summed E-state index contributed by atoms with van der Waals surface area (Å²) in [6.07, 6.45) is 4.95. The Hall–Kier alpha value is -2.62. The van der Waals surface area contributed by atoms with E-state index < -0.39 is 5.60 Å². The van der Waals surface area contributed by atoms with E-state index in [9.17, 15) is 5.11 Å². The summed E-state index contributed by atoms with van der Waals surface area (Å²) in [5, 5.41) is 11.1. The third kappa shape index (κ3) is 4.26. The van der Waals surface area contributed by atoms with Crippen molar-refractivity contribution in [1.82, 2.24) is 4.90 Å². The topological polar surface area (TPSA) is 26.7 Å². The second-order valence-electron chi connectivity index (χ2n) is 9.00. The third-order valence-corrected chi connectivity index (χ3v) is 7.08. The van der Waals surface area contributed by atoms with Gasteiger partial charge in [-0.1, -0.05) is 66.7 Å². The predicted molar refractivity (Wildman–Crippen MR) is 128 cm³/mol. The monoisotopic (exact) mass is 412 g/mol. The SMILES string of the molecule is OC1(c2ccccc2)CCN(CCCN2c3ccccc3CCc3ccccc32)CC1. The Labute approximate surface area is 185 Å². The van der Waals surface area contributed by atoms with Crippen molar-refractivity contribution in [2.24, 2.45) is 0 Å². The zero-order valence-electron chi connectivity index (χ0n) is 18.2. The Bertz CT molecular complexity index is 961. The van der Waals surface area contributed by atoms with Crippen LogP contribution in [0.1, 0.15) is 36.0 Å². The normalized spacial score (nSPS) is 18.2. The Morgan fingerprint density at radius 3 is 1.84 bits per heavy atom. The number of piperidine rings is 1. The van der Waals surface area contributed by atoms with E-state index in [0.717, 1.165) is 63.8 Å². The highest BCUT2D eigenvalue weighted by atomic mass is 16.3. The molecule has 3 nitrogen and oxygen atoms in total. The lowest BCUT2D eigenvalue weighted by Crippen LogP contribution is -2.43. The van der Waals surface area contributed by atoms with Crippen LogP contribution in [0.25, 0.3) is 0 Å². The minimum absolute atomic E-state index is 0.666. The smallest absolute Gasteiger partial charge is 0.0920 e. The van der Waals surface area contributed by atoms with Gasteiger partial charge in [0.25, 0.3) is 0 Å². The highest BCUT2D eigenvalue weighted by Gasteiger charge is 2.33. The van der Waals surface area contributed by atoms with Gasteiger partial charge in [-0.05, 0) is 67.5 Å². The van der Waals surface area contributed by atoms with Gasteiger partial charge >= 0.3 is 0 Å². The second-order valence-corrected chi connectivity index (χ2v) is 9.00. The largest absolute Gasteiger partial charge is 0.385 e. The van der Waals surface area contributed by atoms with Crippen LogP contribution in [-0.4, -0.2) is 36.2 Å². The molecule has 3 aromatic carbocycles. The van der Waals surface area contributed by atoms with Gasteiger partial charge in [0.1, 0.15) is 0 Å². The van der Waals surface area contributed by atoms with Crippen LogP contribution in [0.5, 0.6) is 0 Å². The molecule has 1 saturated heterocycles. The summed E-state index contributed by atoms with van der Waals surface area (Å²) in [6, 6.07) is 27.9. The van der Waals surface area contributed by atoms with Gasteiger partial charge in [-0.2, -0.15) is 0 Å². The van der Waals surface area contributed by atoms with Crippen molar-refractivity contribution < 1.29 is 5.11 Å². The molecule has 2 aliphatic rings. The van der Waals surface area contributed by atoms with E-state index in [1.807, 2.05) is 18.2 Å². The third-order valence-electron chi connectivity index (χ3n) is 7.08. The average molecular weight is 413 g/mol. The van der Waals surface area contributed by atoms with Gasteiger partial charge in [-0.15, -0.1) is 0 Å². The maximum absolute atomic E-state index is 11.1. The molecule has 3 heteroatoms. The first-order valence-electron chi connectivity index (χ1n) is 11.7. The van der Waals surface area contributed by atoms with Crippen molar-refractivity contribution in [3.8, 4) is 0 Å². The molecule has 1 fully saturated rings. The van der Waals surface area contributed by atoms with Gasteiger partial charge in [0.15, 0.2) is 0 Å². The summed E-state index contributed by atoms with van der Waals surface area (Å²) in [5.74, 6) is 0. The van der Waals surface area contributed by atoms with Gasteiger partial charge in [-0.3, -0.25) is 0 Å². The number of para-hydroxylation sites is 2. The molecule has 0 atom stereocenters. The zero-order valence-corrected chi connectivity index (χ0v) is 18.2. The van der Waals surface area contributed by atoms with E-state index in [4.69, 9.17) is 0 Å². The molecule has 5 rings (SSSR count). The highest BCUT2D eigenvalue weighted by Crippen LogP contribution is 2.36. The molecule has 0 spiro atoms. The first-order valence-corrected chi connectivity index (χ1v) is 11.7. The van der Waals surface area contributed by atoms with E-state index in [0.29, 0.717) is 0 Å². The minimum Gasteiger partial charge on any atom is -0.385 e. The van der Waals surface area contributed by atoms with Crippen molar-refractivity contribution in [2.45, 2.75) is 37.7 Å². The number of aliphatic hydroxyl groups is 1. The lowest BCUT2D eigenvalue weighted by molar-refractivity contribution is -0.0258. The van der Waals surface area contributed by atoms with Crippen LogP contribution in [0, 0.1) is 0 Å². The number of fused-ring (bicyclic) bond motifs is 2. The van der Waals surface area contributed by atoms with Crippen molar-refractivity contribution in [1.29, 1.82) is 0 Å². The number of anilines is 2. The fourth-order valence-electron chi connectivity index (χ4n) is 5.25. The maximum atomic E-state index is 11.1. The lowest BCUT2D eigenvalue weighted by Gasteiger charge is -2.39. The van der Waals surface area contributed by atoms with Crippen LogP contribution >= 0.6 is 0 Å². The summed E-state index contributed by atoms with van der Waals surface area (Å²) in [5.41, 5.74) is 6.02. The molecule has 0 aliphatic carbocycles. The summed E-state index contributed by atoms with van der Waals surface area (Å²) in [7, 11) is 0. The fourth-order valence-corrected chi connectivity index (χ4v) is 5.25. The highest BCUT2D eigenvalue weighted by molar-refractivity contribution is 5.71. The second kappa shape index (κ2) is 8.86. The van der Waals surface area contributed by atoms with Crippen LogP contribution in [0.3, 0.4) is 0 Å². The Morgan fingerprint density at radius 2 is 1.23 bits per heavy atom. The van der Waals surface area contributed by atoms with E-state index in [1.165, 1.54) is 22.5 Å². The summed E-state index contributed by atoms with van der Waals surface area (Å²) < 4.78 is 0. The van der Waals surface area contributed by atoms with E-state index in [-0.39, 0.29) is 0 Å². The zero-order chi connectivity index (χ0) is 21.1. The molecule has 0 unspecified atom stereocenters. The van der Waals surface area contributed by atoms with Crippen molar-refractivity contribution in [2.75, 3.05) is 31.1 Å². The molecular formula is C28H32N2O. The van der Waals surface area contributed by atoms with Crippen molar-refractivity contribution in [3.05, 3.63) is 95.6 Å². The molecule has 0 bridgehead atoms. The predicted octanol–water partition coefficient (Wildman–Crippen LogP) is 5.30. The number of benzene rings is 3. The van der Waals surface area contributed by atoms with Crippen LogP contribution < -0.4 is 4.90 Å². The minimum atomic E-state index is -0.666. The van der Waals surface area contributed by atoms with E-state index in [2.05, 4.69) is 70.5 Å². The number of aryl methyl sites for hydroxylation is 2. The molecule has 31 heavy (non-hydrogen) atoms. The van der Waals surface area contributed by atoms with Gasteiger partial charge in [0.2, 0.25) is 0 Å². The van der Waals surface area contributed by atoms with Crippen LogP contribution in [0.4, 0.5) is 11.4 Å². The number of rotatable bonds is 5. The van der Waals surface area contributed by atoms with Crippen molar-refractivity contribution >= 4 is 11.4 Å². The molecule has 2 heterocycles. The number of nitrogens with zero attached hydrogens (tertiary/aromatic N) is 2. The first kappa shape index (κ1) is 20.3. The summed E-state index contributed by atoms with van der Waals surface area (Å²) in [4.78, 5) is 5.05. The van der Waals surface area contributed by atoms with Gasteiger partial charge in [0, 0.05) is 31.0 Å².